The summed E-state index contributed by atoms with van der Waals surface area (Å²) in [5.74, 6) is -4.21. The number of carbonyl (C=O) groups excluding carboxylic acids is 6. The summed E-state index contributed by atoms with van der Waals surface area (Å²) >= 11 is 0. The molecular formula is C45H53N7O8. The highest BCUT2D eigenvalue weighted by Gasteiger charge is 2.36. The lowest BCUT2D eigenvalue weighted by Gasteiger charge is -2.33. The molecule has 0 fully saturated rings. The number of aromatic hydroxyl groups is 2. The molecule has 0 saturated heterocycles. The number of likely N-dealkylation sites (N-methyl/N-ethyl adjacent to an activating group) is 1. The summed E-state index contributed by atoms with van der Waals surface area (Å²) in [7, 11) is 1.39. The second kappa shape index (κ2) is 19.9. The highest BCUT2D eigenvalue weighted by Crippen LogP contribution is 2.41. The summed E-state index contributed by atoms with van der Waals surface area (Å²) in [5.41, 5.74) is 15.1. The zero-order valence-electron chi connectivity index (χ0n) is 34.2. The number of carbonyl (C=O) groups is 6. The molecule has 4 aromatic rings. The first-order valence-electron chi connectivity index (χ1n) is 19.9. The van der Waals surface area contributed by atoms with Gasteiger partial charge in [-0.25, -0.2) is 0 Å². The van der Waals surface area contributed by atoms with Crippen LogP contribution in [-0.4, -0.2) is 88.2 Å². The van der Waals surface area contributed by atoms with Crippen LogP contribution >= 0.6 is 0 Å². The topological polar surface area (TPSA) is 246 Å². The van der Waals surface area contributed by atoms with Crippen molar-refractivity contribution in [2.45, 2.75) is 83.2 Å². The van der Waals surface area contributed by atoms with Crippen LogP contribution < -0.4 is 32.7 Å². The molecule has 0 aromatic heterocycles. The number of nitrogens with two attached hydrogens (primary N) is 2. The molecule has 10 N–H and O–H groups in total. The largest absolute Gasteiger partial charge is 0.507 e. The molecule has 0 radical (unpaired) electrons. The molecule has 5 unspecified atom stereocenters. The standard InChI is InChI=1S/C45H53N7O8/c1-25(27(3)53)48-43(58)37-21-28-13-18-38(54)34(20-28)35-23-32(22-33(24-47)40(35)55)39(44(59)49-26(2)41(56)51-37)52(4)45(60)36(12-8-9-19-46)50-42(57)31-16-14-30(15-17-31)29-10-6-5-7-11-29/h5-7,10-11,13-18,20,22-23,25-26,36-37,39,54-55H,8-9,12,19,21,24,46-47H2,1-4H3,(H,48,58)(H,49,59)(H,50,57)(H,51,56). The number of fused-ring (bicyclic) bond motifs is 5. The summed E-state index contributed by atoms with van der Waals surface area (Å²) < 4.78 is 0. The van der Waals surface area contributed by atoms with Gasteiger partial charge in [0.2, 0.25) is 23.6 Å². The molecule has 15 nitrogen and oxygen atoms in total. The molecule has 1 aliphatic rings. The minimum absolute atomic E-state index is 0.0815. The van der Waals surface area contributed by atoms with Gasteiger partial charge >= 0.3 is 0 Å². The molecule has 60 heavy (non-hydrogen) atoms. The predicted molar refractivity (Wildman–Crippen MR) is 226 cm³/mol. The fourth-order valence-corrected chi connectivity index (χ4v) is 7.04. The van der Waals surface area contributed by atoms with E-state index in [1.165, 1.54) is 52.1 Å². The fraction of sp³-hybridized carbons (Fsp3) is 0.333. The van der Waals surface area contributed by atoms with Gasteiger partial charge in [0.15, 0.2) is 5.78 Å². The van der Waals surface area contributed by atoms with E-state index in [2.05, 4.69) is 21.3 Å². The Hall–Kier alpha value is -6.58. The van der Waals surface area contributed by atoms with Crippen molar-refractivity contribution in [1.29, 1.82) is 0 Å². The Morgan fingerprint density at radius 2 is 1.53 bits per heavy atom. The molecule has 5 atom stereocenters. The van der Waals surface area contributed by atoms with E-state index in [1.54, 1.807) is 18.2 Å². The van der Waals surface area contributed by atoms with Crippen LogP contribution in [0.25, 0.3) is 22.3 Å². The number of Topliss-reactive ketones (excluding diaryl/α,β-unsaturated/α-hetero) is 1. The van der Waals surface area contributed by atoms with Crippen molar-refractivity contribution in [1.82, 2.24) is 26.2 Å². The van der Waals surface area contributed by atoms with Crippen molar-refractivity contribution in [3.05, 3.63) is 107 Å². The third kappa shape index (κ3) is 10.5. The van der Waals surface area contributed by atoms with Gasteiger partial charge in [-0.05, 0) is 105 Å². The van der Waals surface area contributed by atoms with Crippen molar-refractivity contribution < 1.29 is 39.0 Å². The number of nitrogens with one attached hydrogen (secondary N) is 4. The lowest BCUT2D eigenvalue weighted by Crippen LogP contribution is -2.56. The molecule has 15 heteroatoms. The minimum atomic E-state index is -1.47. The average molecular weight is 820 g/mol. The van der Waals surface area contributed by atoms with Crippen molar-refractivity contribution >= 4 is 35.3 Å². The van der Waals surface area contributed by atoms with Gasteiger partial charge in [-0.2, -0.15) is 0 Å². The molecule has 4 bridgehead atoms. The smallest absolute Gasteiger partial charge is 0.251 e. The number of hydrogen-bond acceptors (Lipinski definition) is 10. The second-order valence-corrected chi connectivity index (χ2v) is 15.1. The monoisotopic (exact) mass is 819 g/mol. The van der Waals surface area contributed by atoms with Gasteiger partial charge < -0.3 is 47.8 Å². The molecule has 0 saturated carbocycles. The number of ketones is 1. The van der Waals surface area contributed by atoms with E-state index >= 15 is 0 Å². The normalized spacial score (nSPS) is 17.5. The number of phenolic OH excluding ortho intramolecular Hbond substituents is 2. The molecule has 0 aliphatic carbocycles. The number of rotatable bonds is 13. The van der Waals surface area contributed by atoms with Gasteiger partial charge in [0.05, 0.1) is 6.04 Å². The molecule has 1 heterocycles. The number of unbranched alkanes of at least 4 members (excludes halogenated alkanes) is 1. The number of amides is 5. The van der Waals surface area contributed by atoms with E-state index < -0.39 is 59.7 Å². The van der Waals surface area contributed by atoms with Gasteiger partial charge in [0, 0.05) is 42.3 Å². The Kier molecular flexibility index (Phi) is 14.8. The van der Waals surface area contributed by atoms with Crippen molar-refractivity contribution in [3.63, 3.8) is 0 Å². The van der Waals surface area contributed by atoms with E-state index in [0.29, 0.717) is 30.5 Å². The van der Waals surface area contributed by atoms with Crippen LogP contribution in [0.3, 0.4) is 0 Å². The summed E-state index contributed by atoms with van der Waals surface area (Å²) in [4.78, 5) is 83.1. The van der Waals surface area contributed by atoms with E-state index in [1.807, 2.05) is 42.5 Å². The van der Waals surface area contributed by atoms with Crippen LogP contribution in [0.1, 0.15) is 73.1 Å². The van der Waals surface area contributed by atoms with Crippen LogP contribution in [0.2, 0.25) is 0 Å². The maximum Gasteiger partial charge on any atom is 0.251 e. The van der Waals surface area contributed by atoms with Gasteiger partial charge in [0.1, 0.15) is 35.7 Å². The summed E-state index contributed by atoms with van der Waals surface area (Å²) in [5, 5.41) is 33.4. The van der Waals surface area contributed by atoms with Crippen LogP contribution in [0.5, 0.6) is 11.5 Å². The number of nitrogens with zero attached hydrogens (tertiary/aromatic N) is 1. The van der Waals surface area contributed by atoms with Crippen LogP contribution in [0, 0.1) is 0 Å². The Labute approximate surface area is 348 Å². The lowest BCUT2D eigenvalue weighted by molar-refractivity contribution is -0.141. The third-order valence-electron chi connectivity index (χ3n) is 10.7. The Morgan fingerprint density at radius 3 is 2.18 bits per heavy atom. The molecule has 5 rings (SSSR count). The Bertz CT molecular complexity index is 2230. The zero-order valence-corrected chi connectivity index (χ0v) is 34.2. The molecule has 4 aromatic carbocycles. The van der Waals surface area contributed by atoms with Crippen LogP contribution in [-0.2, 0) is 36.9 Å². The molecule has 0 spiro atoms. The Balaban J connectivity index is 1.56. The molecular weight excluding hydrogens is 767 g/mol. The second-order valence-electron chi connectivity index (χ2n) is 15.1. The average Bonchev–Trinajstić information content (AvgIpc) is 3.23. The number of phenols is 2. The maximum absolute atomic E-state index is 14.6. The van der Waals surface area contributed by atoms with E-state index in [0.717, 1.165) is 16.0 Å². The lowest BCUT2D eigenvalue weighted by atomic mass is 9.91. The van der Waals surface area contributed by atoms with Crippen molar-refractivity contribution in [3.8, 4) is 33.8 Å². The van der Waals surface area contributed by atoms with E-state index in [-0.39, 0.29) is 58.9 Å². The first-order valence-corrected chi connectivity index (χ1v) is 19.9. The van der Waals surface area contributed by atoms with Gasteiger partial charge in [-0.1, -0.05) is 48.5 Å². The van der Waals surface area contributed by atoms with Gasteiger partial charge in [-0.15, -0.1) is 0 Å². The van der Waals surface area contributed by atoms with Crippen LogP contribution in [0.4, 0.5) is 0 Å². The predicted octanol–water partition coefficient (Wildman–Crippen LogP) is 2.96. The van der Waals surface area contributed by atoms with Gasteiger partial charge in [0.25, 0.3) is 5.91 Å². The number of benzene rings is 4. The van der Waals surface area contributed by atoms with E-state index in [9.17, 15) is 39.0 Å². The highest BCUT2D eigenvalue weighted by molar-refractivity contribution is 6.00. The van der Waals surface area contributed by atoms with Crippen molar-refractivity contribution in [2.24, 2.45) is 11.5 Å². The van der Waals surface area contributed by atoms with Crippen LogP contribution in [0.15, 0.2) is 84.9 Å². The first kappa shape index (κ1) is 44.5. The molecule has 5 amide bonds. The first-order chi connectivity index (χ1) is 28.6. The SMILES string of the molecule is CC(=O)C(C)NC(=O)C1Cc2ccc(O)c(c2)-c2cc(cc(CN)c2O)C(N(C)C(=O)C(CCCCN)NC(=O)c2ccc(-c3ccccc3)cc2)C(=O)NC(C)C(=O)N1. The number of hydrogen-bond donors (Lipinski definition) is 8. The Morgan fingerprint density at radius 1 is 0.850 bits per heavy atom. The summed E-state index contributed by atoms with van der Waals surface area (Å²) in [6.45, 7) is 4.38. The minimum Gasteiger partial charge on any atom is -0.507 e. The molecule has 316 valence electrons. The third-order valence-corrected chi connectivity index (χ3v) is 10.7. The highest BCUT2D eigenvalue weighted by atomic mass is 16.3. The zero-order chi connectivity index (χ0) is 43.7. The fourth-order valence-electron chi connectivity index (χ4n) is 7.04. The maximum atomic E-state index is 14.6. The van der Waals surface area contributed by atoms with E-state index in [4.69, 9.17) is 11.5 Å². The summed E-state index contributed by atoms with van der Waals surface area (Å²) in [6.07, 6.45) is 1.12. The van der Waals surface area contributed by atoms with Crippen molar-refractivity contribution in [2.75, 3.05) is 13.6 Å². The quantitative estimate of drug-likeness (QED) is 0.0917. The molecule has 1 aliphatic heterocycles. The summed E-state index contributed by atoms with van der Waals surface area (Å²) in [6, 6.07) is 18.0. The van der Waals surface area contributed by atoms with Gasteiger partial charge in [-0.3, -0.25) is 28.8 Å².